The van der Waals surface area contributed by atoms with Crippen molar-refractivity contribution in [1.82, 2.24) is 20.3 Å². The molecular weight excluding hydrogens is 415 g/mol. The van der Waals surface area contributed by atoms with E-state index in [4.69, 9.17) is 11.6 Å². The van der Waals surface area contributed by atoms with Crippen LogP contribution in [0.5, 0.6) is 0 Å². The van der Waals surface area contributed by atoms with Gasteiger partial charge in [0.15, 0.2) is 0 Å². The Kier molecular flexibility index (Phi) is 6.60. The van der Waals surface area contributed by atoms with Crippen molar-refractivity contribution >= 4 is 11.6 Å². The van der Waals surface area contributed by atoms with E-state index in [0.29, 0.717) is 45.7 Å². The van der Waals surface area contributed by atoms with Gasteiger partial charge in [0.1, 0.15) is 11.5 Å². The predicted molar refractivity (Wildman–Crippen MR) is 123 cm³/mol. The van der Waals surface area contributed by atoms with E-state index in [1.807, 2.05) is 12.1 Å². The van der Waals surface area contributed by atoms with Crippen LogP contribution in [0.15, 0.2) is 59.8 Å². The Morgan fingerprint density at radius 1 is 1.26 bits per heavy atom. The fourth-order valence-corrected chi connectivity index (χ4v) is 3.13. The quantitative estimate of drug-likeness (QED) is 0.500. The molecule has 1 aromatic carbocycles. The minimum Gasteiger partial charge on any atom is -0.385 e. The van der Waals surface area contributed by atoms with E-state index in [1.165, 1.54) is 26.1 Å². The first-order valence-electron chi connectivity index (χ1n) is 10.0. The molecule has 2 heterocycles. The van der Waals surface area contributed by atoms with Crippen molar-refractivity contribution in [3.8, 4) is 22.6 Å². The van der Waals surface area contributed by atoms with Crippen molar-refractivity contribution in [2.75, 3.05) is 0 Å². The van der Waals surface area contributed by atoms with Gasteiger partial charge < -0.3 is 10.3 Å². The Morgan fingerprint density at radius 2 is 2.00 bits per heavy atom. The number of alkyl halides is 1. The summed E-state index contributed by atoms with van der Waals surface area (Å²) in [5.41, 5.74) is 1.97. The topological polar surface area (TPSA) is 70.7 Å². The monoisotopic (exact) mass is 440 g/mol. The summed E-state index contributed by atoms with van der Waals surface area (Å²) in [6, 6.07) is 8.57. The van der Waals surface area contributed by atoms with Crippen LogP contribution >= 0.6 is 11.6 Å². The molecule has 0 amide bonds. The van der Waals surface area contributed by atoms with Gasteiger partial charge in [-0.15, -0.1) is 0 Å². The zero-order valence-electron chi connectivity index (χ0n) is 18.1. The summed E-state index contributed by atoms with van der Waals surface area (Å²) in [4.78, 5) is 23.8. The Labute approximate surface area is 186 Å². The van der Waals surface area contributed by atoms with Crippen LogP contribution in [0.3, 0.4) is 0 Å². The molecule has 5 nitrogen and oxygen atoms in total. The Bertz CT molecular complexity index is 1160. The van der Waals surface area contributed by atoms with Crippen molar-refractivity contribution < 1.29 is 4.39 Å². The second kappa shape index (κ2) is 9.02. The molecule has 162 valence electrons. The molecule has 3 aromatic rings. The minimum atomic E-state index is -1.56. The summed E-state index contributed by atoms with van der Waals surface area (Å²) in [7, 11) is 0. The predicted octanol–water partition coefficient (Wildman–Crippen LogP) is 5.62. The van der Waals surface area contributed by atoms with Crippen molar-refractivity contribution in [2.24, 2.45) is 5.92 Å². The number of H-pyrrole nitrogens is 1. The van der Waals surface area contributed by atoms with E-state index in [0.717, 1.165) is 11.3 Å². The summed E-state index contributed by atoms with van der Waals surface area (Å²) in [6.45, 7) is 11.6. The third-order valence-electron chi connectivity index (χ3n) is 4.96. The zero-order valence-corrected chi connectivity index (χ0v) is 18.8. The fourth-order valence-electron chi connectivity index (χ4n) is 2.92. The summed E-state index contributed by atoms with van der Waals surface area (Å²) < 4.78 is 14.4. The number of pyridine rings is 1. The number of benzene rings is 1. The molecule has 0 saturated heterocycles. The molecule has 0 unspecified atom stereocenters. The van der Waals surface area contributed by atoms with Crippen LogP contribution in [-0.2, 0) is 12.2 Å². The molecule has 2 aromatic heterocycles. The van der Waals surface area contributed by atoms with Gasteiger partial charge in [0.25, 0.3) is 5.56 Å². The van der Waals surface area contributed by atoms with Gasteiger partial charge in [-0.2, -0.15) is 0 Å². The highest BCUT2D eigenvalue weighted by molar-refractivity contribution is 6.33. The van der Waals surface area contributed by atoms with Crippen LogP contribution in [0.2, 0.25) is 5.02 Å². The van der Waals surface area contributed by atoms with Crippen molar-refractivity contribution in [3.05, 3.63) is 81.5 Å². The van der Waals surface area contributed by atoms with Crippen molar-refractivity contribution in [2.45, 2.75) is 39.9 Å². The summed E-state index contributed by atoms with van der Waals surface area (Å²) in [5.74, 6) is 0.655. The third kappa shape index (κ3) is 5.58. The maximum atomic E-state index is 14.4. The van der Waals surface area contributed by atoms with Gasteiger partial charge >= 0.3 is 0 Å². The van der Waals surface area contributed by atoms with E-state index in [2.05, 4.69) is 40.7 Å². The van der Waals surface area contributed by atoms with Gasteiger partial charge in [-0.1, -0.05) is 38.1 Å². The van der Waals surface area contributed by atoms with E-state index < -0.39 is 5.67 Å². The number of allylic oxidation sites excluding steroid dienone is 1. The maximum absolute atomic E-state index is 14.4. The molecule has 2 N–H and O–H groups in total. The minimum absolute atomic E-state index is 0.320. The first-order chi connectivity index (χ1) is 14.5. The average molecular weight is 441 g/mol. The largest absolute Gasteiger partial charge is 0.385 e. The maximum Gasteiger partial charge on any atom is 0.251 e. The van der Waals surface area contributed by atoms with Crippen molar-refractivity contribution in [3.63, 3.8) is 0 Å². The lowest BCUT2D eigenvalue weighted by Crippen LogP contribution is -2.16. The van der Waals surface area contributed by atoms with Crippen LogP contribution in [0.4, 0.5) is 4.39 Å². The lowest BCUT2D eigenvalue weighted by atomic mass is 10.00. The smallest absolute Gasteiger partial charge is 0.251 e. The third-order valence-corrected chi connectivity index (χ3v) is 5.29. The van der Waals surface area contributed by atoms with E-state index in [1.54, 1.807) is 18.3 Å². The summed E-state index contributed by atoms with van der Waals surface area (Å²) in [6.07, 6.45) is 3.02. The second-order valence-electron chi connectivity index (χ2n) is 8.26. The van der Waals surface area contributed by atoms with E-state index in [9.17, 15) is 9.18 Å². The number of nitrogens with zero attached hydrogens (tertiary/aromatic N) is 2. The highest BCUT2D eigenvalue weighted by Gasteiger charge is 2.20. The highest BCUT2D eigenvalue weighted by Crippen LogP contribution is 2.29. The molecule has 0 spiro atoms. The number of hydrogen-bond donors (Lipinski definition) is 2. The molecule has 31 heavy (non-hydrogen) atoms. The zero-order chi connectivity index (χ0) is 22.8. The second-order valence-corrected chi connectivity index (χ2v) is 8.67. The van der Waals surface area contributed by atoms with Gasteiger partial charge in [-0.3, -0.25) is 9.78 Å². The number of rotatable bonds is 7. The molecule has 3 rings (SSSR count). The summed E-state index contributed by atoms with van der Waals surface area (Å²) in [5, 5.41) is 3.75. The van der Waals surface area contributed by atoms with Gasteiger partial charge in [0.05, 0.1) is 10.7 Å². The van der Waals surface area contributed by atoms with Gasteiger partial charge in [-0.25, -0.2) is 9.37 Å². The molecule has 7 heteroatoms. The van der Waals surface area contributed by atoms with Crippen LogP contribution in [0.1, 0.15) is 38.8 Å². The fraction of sp³-hybridized carbons (Fsp3) is 0.292. The van der Waals surface area contributed by atoms with Crippen LogP contribution in [-0.4, -0.2) is 15.0 Å². The molecule has 0 aliphatic heterocycles. The molecule has 0 aliphatic rings. The van der Waals surface area contributed by atoms with Crippen LogP contribution in [0.25, 0.3) is 22.6 Å². The average Bonchev–Trinajstić information content (AvgIpc) is 2.71. The first-order valence-corrected chi connectivity index (χ1v) is 10.4. The van der Waals surface area contributed by atoms with Gasteiger partial charge in [0, 0.05) is 47.4 Å². The Morgan fingerprint density at radius 3 is 2.68 bits per heavy atom. The Hall–Kier alpha value is -2.99. The van der Waals surface area contributed by atoms with Gasteiger partial charge in [0.2, 0.25) is 0 Å². The molecule has 0 saturated carbocycles. The number of aromatic amines is 1. The number of halogens is 2. The molecule has 0 bridgehead atoms. The molecule has 0 fully saturated rings. The number of hydrogen-bond acceptors (Lipinski definition) is 4. The summed E-state index contributed by atoms with van der Waals surface area (Å²) >= 11 is 6.42. The van der Waals surface area contributed by atoms with Crippen LogP contribution < -0.4 is 10.9 Å². The number of nitrogens with one attached hydrogen (secondary N) is 2. The molecule has 0 atom stereocenters. The van der Waals surface area contributed by atoms with E-state index in [-0.39, 0.29) is 5.56 Å². The lowest BCUT2D eigenvalue weighted by Gasteiger charge is -2.15. The molecule has 0 aliphatic carbocycles. The van der Waals surface area contributed by atoms with Crippen molar-refractivity contribution in [1.29, 1.82) is 0 Å². The normalized spacial score (nSPS) is 11.6. The molecule has 0 radical (unpaired) electrons. The Balaban J connectivity index is 2.00. The lowest BCUT2D eigenvalue weighted by molar-refractivity contribution is 0.221. The molecular formula is C24H26ClFN4O. The highest BCUT2D eigenvalue weighted by atomic mass is 35.5. The SMILES string of the molecule is C=C(NCc1ccc(Cl)c(-c2nc(-c3cncc(C(C)(C)F)c3)cc(=O)[nH]2)c1)C(C)C. The standard InChI is InChI=1S/C24H26ClFN4O/c1-14(2)15(3)28-11-16-6-7-20(25)19(8-16)23-29-21(10-22(31)30-23)17-9-18(13-27-12-17)24(4,5)26/h6-10,12-14,28H,3,11H2,1-2,4-5H3,(H,29,30,31). The first kappa shape index (κ1) is 22.7. The van der Waals surface area contributed by atoms with Gasteiger partial charge in [-0.05, 0) is 43.5 Å². The van der Waals surface area contributed by atoms with Crippen LogP contribution in [0, 0.1) is 5.92 Å². The number of aromatic nitrogens is 3. The van der Waals surface area contributed by atoms with E-state index >= 15 is 0 Å².